The van der Waals surface area contributed by atoms with Crippen LogP contribution in [0, 0.1) is 11.2 Å². The van der Waals surface area contributed by atoms with Crippen LogP contribution in [0.25, 0.3) is 10.9 Å². The van der Waals surface area contributed by atoms with Crippen LogP contribution in [0.5, 0.6) is 5.75 Å². The number of nitrogens with two attached hydrogens (primary N) is 1. The standard InChI is InChI=1S/C19H20FN3O4/c1-9-7-27-17-14-10(16(24)11(18(25)26)6-23(9)14)4-12(20)15(17)22-3-2-19(8-22)5-13(19)21/h4,6,9,13H,2-3,5,7-8,21H2,1H3,(H,25,26)/t9-,13?,19?/m0/s1. The Morgan fingerprint density at radius 1 is 1.48 bits per heavy atom. The molecule has 1 spiro atoms. The zero-order chi connectivity index (χ0) is 19.1. The van der Waals surface area contributed by atoms with Gasteiger partial charge in [-0.3, -0.25) is 4.79 Å². The smallest absolute Gasteiger partial charge is 0.341 e. The van der Waals surface area contributed by atoms with Gasteiger partial charge in [0.25, 0.3) is 0 Å². The summed E-state index contributed by atoms with van der Waals surface area (Å²) >= 11 is 0. The quantitative estimate of drug-likeness (QED) is 0.832. The molecular formula is C19H20FN3O4. The van der Waals surface area contributed by atoms with Crippen LogP contribution in [0.4, 0.5) is 10.1 Å². The fraction of sp³-hybridized carbons (Fsp3) is 0.474. The highest BCUT2D eigenvalue weighted by Crippen LogP contribution is 2.54. The SMILES string of the molecule is C[C@H]1COc2c(N3CCC4(CC4N)C3)c(F)cc3c(=O)c(C(=O)O)cn1c23. The Morgan fingerprint density at radius 2 is 2.22 bits per heavy atom. The van der Waals surface area contributed by atoms with Gasteiger partial charge in [0.2, 0.25) is 5.43 Å². The minimum Gasteiger partial charge on any atom is -0.487 e. The van der Waals surface area contributed by atoms with Gasteiger partial charge in [0.05, 0.1) is 16.9 Å². The lowest BCUT2D eigenvalue weighted by molar-refractivity contribution is 0.0694. The number of halogens is 1. The van der Waals surface area contributed by atoms with Crippen molar-refractivity contribution in [1.82, 2.24) is 4.57 Å². The molecule has 0 amide bonds. The Bertz CT molecular complexity index is 1070. The van der Waals surface area contributed by atoms with E-state index in [0.29, 0.717) is 30.0 Å². The molecule has 1 saturated heterocycles. The van der Waals surface area contributed by atoms with E-state index in [-0.39, 0.29) is 35.1 Å². The molecule has 8 heteroatoms. The van der Waals surface area contributed by atoms with Crippen LogP contribution >= 0.6 is 0 Å². The molecule has 142 valence electrons. The molecule has 2 fully saturated rings. The normalized spacial score (nSPS) is 28.6. The van der Waals surface area contributed by atoms with Gasteiger partial charge in [-0.2, -0.15) is 0 Å². The first kappa shape index (κ1) is 16.6. The van der Waals surface area contributed by atoms with E-state index in [4.69, 9.17) is 10.5 Å². The summed E-state index contributed by atoms with van der Waals surface area (Å²) in [6.45, 7) is 3.49. The molecule has 0 radical (unpaired) electrons. The number of pyridine rings is 1. The molecule has 3 aliphatic rings. The zero-order valence-electron chi connectivity index (χ0n) is 14.9. The van der Waals surface area contributed by atoms with Crippen LogP contribution in [0.15, 0.2) is 17.1 Å². The molecule has 3 N–H and O–H groups in total. The topological polar surface area (TPSA) is 97.8 Å². The first-order valence-electron chi connectivity index (χ1n) is 9.10. The van der Waals surface area contributed by atoms with Crippen molar-refractivity contribution in [1.29, 1.82) is 0 Å². The maximum absolute atomic E-state index is 15.1. The highest BCUT2D eigenvalue weighted by molar-refractivity contribution is 5.97. The second-order valence-electron chi connectivity index (χ2n) is 8.02. The average Bonchev–Trinajstić information content (AvgIpc) is 3.04. The third-order valence-electron chi connectivity index (χ3n) is 6.33. The van der Waals surface area contributed by atoms with Crippen LogP contribution < -0.4 is 20.8 Å². The number of carboxylic acid groups (broad SMARTS) is 1. The number of rotatable bonds is 2. The molecule has 1 aromatic carbocycles. The number of hydrogen-bond donors (Lipinski definition) is 2. The lowest BCUT2D eigenvalue weighted by Crippen LogP contribution is -2.29. The first-order chi connectivity index (χ1) is 12.8. The fourth-order valence-electron chi connectivity index (χ4n) is 4.59. The molecule has 1 aromatic heterocycles. The second-order valence-corrected chi connectivity index (χ2v) is 8.02. The molecule has 27 heavy (non-hydrogen) atoms. The summed E-state index contributed by atoms with van der Waals surface area (Å²) in [5.74, 6) is -1.56. The maximum Gasteiger partial charge on any atom is 0.341 e. The number of benzene rings is 1. The number of carboxylic acids is 1. The van der Waals surface area contributed by atoms with E-state index < -0.39 is 17.2 Å². The van der Waals surface area contributed by atoms with Gasteiger partial charge in [-0.05, 0) is 25.8 Å². The van der Waals surface area contributed by atoms with Crippen molar-refractivity contribution in [3.8, 4) is 5.75 Å². The maximum atomic E-state index is 15.1. The van der Waals surface area contributed by atoms with Gasteiger partial charge in [-0.15, -0.1) is 0 Å². The van der Waals surface area contributed by atoms with E-state index in [1.807, 2.05) is 11.8 Å². The number of nitrogens with zero attached hydrogens (tertiary/aromatic N) is 2. The Labute approximate surface area is 154 Å². The largest absolute Gasteiger partial charge is 0.487 e. The van der Waals surface area contributed by atoms with E-state index in [0.717, 1.165) is 18.9 Å². The number of aromatic carboxylic acids is 1. The molecule has 7 nitrogen and oxygen atoms in total. The minimum absolute atomic E-state index is 0.0368. The second kappa shape index (κ2) is 5.22. The first-order valence-corrected chi connectivity index (χ1v) is 9.10. The van der Waals surface area contributed by atoms with Gasteiger partial charge in [0, 0.05) is 30.7 Å². The van der Waals surface area contributed by atoms with Crippen molar-refractivity contribution in [3.63, 3.8) is 0 Å². The van der Waals surface area contributed by atoms with Gasteiger partial charge in [0.1, 0.15) is 17.9 Å². The lowest BCUT2D eigenvalue weighted by Gasteiger charge is -2.31. The summed E-state index contributed by atoms with van der Waals surface area (Å²) in [6.07, 6.45) is 3.19. The van der Waals surface area contributed by atoms with Gasteiger partial charge < -0.3 is 25.0 Å². The molecule has 3 heterocycles. The molecule has 3 atom stereocenters. The van der Waals surface area contributed by atoms with Crippen molar-refractivity contribution in [2.75, 3.05) is 24.6 Å². The van der Waals surface area contributed by atoms with Crippen molar-refractivity contribution < 1.29 is 19.0 Å². The Kier molecular flexibility index (Phi) is 3.20. The summed E-state index contributed by atoms with van der Waals surface area (Å²) in [6, 6.07) is 1.14. The van der Waals surface area contributed by atoms with Gasteiger partial charge in [0.15, 0.2) is 11.6 Å². The fourth-order valence-corrected chi connectivity index (χ4v) is 4.59. The number of ether oxygens (including phenoxy) is 1. The molecule has 1 aliphatic carbocycles. The van der Waals surface area contributed by atoms with E-state index in [1.165, 1.54) is 6.20 Å². The van der Waals surface area contributed by atoms with E-state index in [9.17, 15) is 14.7 Å². The van der Waals surface area contributed by atoms with Gasteiger partial charge in [-0.1, -0.05) is 0 Å². The van der Waals surface area contributed by atoms with Crippen LogP contribution in [0.1, 0.15) is 36.2 Å². The predicted molar refractivity (Wildman–Crippen MR) is 97.2 cm³/mol. The minimum atomic E-state index is -1.32. The number of aromatic nitrogens is 1. The third-order valence-corrected chi connectivity index (χ3v) is 6.33. The predicted octanol–water partition coefficient (Wildman–Crippen LogP) is 1.72. The highest BCUT2D eigenvalue weighted by Gasteiger charge is 2.56. The molecule has 2 unspecified atom stereocenters. The number of carbonyl (C=O) groups is 1. The van der Waals surface area contributed by atoms with E-state index in [1.54, 1.807) is 4.57 Å². The summed E-state index contributed by atoms with van der Waals surface area (Å²) in [5, 5.41) is 9.38. The third kappa shape index (κ3) is 2.16. The van der Waals surface area contributed by atoms with Crippen molar-refractivity contribution in [3.05, 3.63) is 33.9 Å². The molecule has 2 aliphatic heterocycles. The molecule has 1 saturated carbocycles. The van der Waals surface area contributed by atoms with Crippen LogP contribution in [-0.2, 0) is 0 Å². The molecular weight excluding hydrogens is 353 g/mol. The Balaban J connectivity index is 1.76. The Morgan fingerprint density at radius 3 is 2.85 bits per heavy atom. The van der Waals surface area contributed by atoms with Crippen LogP contribution in [-0.4, -0.2) is 41.4 Å². The monoisotopic (exact) mass is 373 g/mol. The molecule has 2 aromatic rings. The zero-order valence-corrected chi connectivity index (χ0v) is 14.9. The van der Waals surface area contributed by atoms with E-state index in [2.05, 4.69) is 0 Å². The van der Waals surface area contributed by atoms with Gasteiger partial charge in [-0.25, -0.2) is 9.18 Å². The molecule has 5 rings (SSSR count). The highest BCUT2D eigenvalue weighted by atomic mass is 19.1. The van der Waals surface area contributed by atoms with Crippen LogP contribution in [0.2, 0.25) is 0 Å². The van der Waals surface area contributed by atoms with E-state index >= 15 is 4.39 Å². The summed E-state index contributed by atoms with van der Waals surface area (Å²) in [4.78, 5) is 26.0. The summed E-state index contributed by atoms with van der Waals surface area (Å²) in [7, 11) is 0. The number of anilines is 1. The average molecular weight is 373 g/mol. The van der Waals surface area contributed by atoms with Gasteiger partial charge >= 0.3 is 5.97 Å². The van der Waals surface area contributed by atoms with Crippen LogP contribution in [0.3, 0.4) is 0 Å². The lowest BCUT2D eigenvalue weighted by atomic mass is 10.1. The number of hydrogen-bond acceptors (Lipinski definition) is 5. The van der Waals surface area contributed by atoms with Crippen molar-refractivity contribution in [2.45, 2.75) is 31.8 Å². The molecule has 0 bridgehead atoms. The summed E-state index contributed by atoms with van der Waals surface area (Å²) < 4.78 is 22.7. The Hall–Kier alpha value is -2.61. The summed E-state index contributed by atoms with van der Waals surface area (Å²) in [5.41, 5.74) is 5.88. The van der Waals surface area contributed by atoms with Crippen molar-refractivity contribution in [2.24, 2.45) is 11.1 Å². The van der Waals surface area contributed by atoms with Crippen molar-refractivity contribution >= 4 is 22.6 Å².